The highest BCUT2D eigenvalue weighted by Gasteiger charge is 2.13. The Bertz CT molecular complexity index is 767. The van der Waals surface area contributed by atoms with E-state index in [0.29, 0.717) is 36.1 Å². The Hall–Kier alpha value is -2.14. The fourth-order valence-corrected chi connectivity index (χ4v) is 3.89. The van der Waals surface area contributed by atoms with Gasteiger partial charge >= 0.3 is 0 Å². The molecule has 0 aliphatic heterocycles. The molecule has 2 aromatic rings. The number of carbonyl (C=O) groups excluding carboxylic acids is 1. The van der Waals surface area contributed by atoms with Crippen molar-refractivity contribution in [2.24, 2.45) is 0 Å². The van der Waals surface area contributed by atoms with Gasteiger partial charge in [-0.3, -0.25) is 4.79 Å². The lowest BCUT2D eigenvalue weighted by molar-refractivity contribution is -0.118. The topological polar surface area (TPSA) is 71.4 Å². The number of hydrogen-bond donors (Lipinski definition) is 1. The molecule has 4 nitrogen and oxygen atoms in total. The van der Waals surface area contributed by atoms with Crippen LogP contribution >= 0.6 is 0 Å². The zero-order chi connectivity index (χ0) is 17.4. The summed E-state index contributed by atoms with van der Waals surface area (Å²) < 4.78 is 24.2. The normalized spacial score (nSPS) is 11.3. The number of ketones is 1. The van der Waals surface area contributed by atoms with Crippen molar-refractivity contribution in [3.63, 3.8) is 0 Å². The molecular formula is C19H22O4S. The molecule has 24 heavy (non-hydrogen) atoms. The van der Waals surface area contributed by atoms with E-state index in [9.17, 15) is 18.3 Å². The number of carbonyl (C=O) groups is 1. The average molecular weight is 346 g/mol. The lowest BCUT2D eigenvalue weighted by Gasteiger charge is -2.05. The molecular weight excluding hydrogens is 324 g/mol. The van der Waals surface area contributed by atoms with Crippen LogP contribution in [0.5, 0.6) is 5.75 Å². The minimum atomic E-state index is -3.23. The first-order chi connectivity index (χ1) is 11.5. The molecule has 0 fully saturated rings. The van der Waals surface area contributed by atoms with Gasteiger partial charge in [0.25, 0.3) is 0 Å². The minimum Gasteiger partial charge on any atom is -0.508 e. The van der Waals surface area contributed by atoms with Crippen LogP contribution < -0.4 is 0 Å². The Morgan fingerprint density at radius 3 is 2.25 bits per heavy atom. The van der Waals surface area contributed by atoms with E-state index in [1.165, 1.54) is 0 Å². The summed E-state index contributed by atoms with van der Waals surface area (Å²) in [5, 5.41) is 9.65. The largest absolute Gasteiger partial charge is 0.508 e. The smallest absolute Gasteiger partial charge is 0.178 e. The first kappa shape index (κ1) is 18.2. The third kappa shape index (κ3) is 5.49. The van der Waals surface area contributed by atoms with Gasteiger partial charge in [-0.05, 0) is 31.0 Å². The van der Waals surface area contributed by atoms with Crippen molar-refractivity contribution < 1.29 is 18.3 Å². The van der Waals surface area contributed by atoms with E-state index in [0.717, 1.165) is 0 Å². The van der Waals surface area contributed by atoms with Crippen LogP contribution in [-0.4, -0.2) is 25.1 Å². The first-order valence-electron chi connectivity index (χ1n) is 8.05. The van der Waals surface area contributed by atoms with Crippen LogP contribution in [0.3, 0.4) is 0 Å². The maximum atomic E-state index is 12.1. The summed E-state index contributed by atoms with van der Waals surface area (Å²) >= 11 is 0. The van der Waals surface area contributed by atoms with E-state index in [1.807, 2.05) is 0 Å². The monoisotopic (exact) mass is 346 g/mol. The predicted molar refractivity (Wildman–Crippen MR) is 93.8 cm³/mol. The molecule has 0 atom stereocenters. The van der Waals surface area contributed by atoms with Crippen molar-refractivity contribution in [2.45, 2.75) is 37.0 Å². The molecule has 0 heterocycles. The second-order valence-electron chi connectivity index (χ2n) is 5.79. The summed E-state index contributed by atoms with van der Waals surface area (Å²) in [6.45, 7) is 0. The summed E-state index contributed by atoms with van der Waals surface area (Å²) in [4.78, 5) is 12.3. The van der Waals surface area contributed by atoms with E-state index in [4.69, 9.17) is 0 Å². The molecule has 2 rings (SSSR count). The standard InChI is InChI=1S/C19H22O4S/c20-17(15-16-9-6-7-13-19(16)21)10-3-2-8-14-24(22,23)18-11-4-1-5-12-18/h1,4-7,9,11-13,21H,2-3,8,10,14-15H2. The lowest BCUT2D eigenvalue weighted by atomic mass is 10.0. The van der Waals surface area contributed by atoms with E-state index in [1.54, 1.807) is 54.6 Å². The van der Waals surface area contributed by atoms with Gasteiger partial charge in [0.05, 0.1) is 10.6 Å². The molecule has 0 saturated heterocycles. The van der Waals surface area contributed by atoms with Crippen molar-refractivity contribution in [1.82, 2.24) is 0 Å². The fourth-order valence-electron chi connectivity index (χ4n) is 2.50. The van der Waals surface area contributed by atoms with Gasteiger partial charge in [0.1, 0.15) is 11.5 Å². The van der Waals surface area contributed by atoms with Gasteiger partial charge in [-0.25, -0.2) is 8.42 Å². The molecule has 0 aliphatic rings. The Labute approximate surface area is 143 Å². The van der Waals surface area contributed by atoms with Gasteiger partial charge < -0.3 is 5.11 Å². The SMILES string of the molecule is O=C(CCCCCS(=O)(=O)c1ccccc1)Cc1ccccc1O. The van der Waals surface area contributed by atoms with E-state index in [-0.39, 0.29) is 23.7 Å². The quantitative estimate of drug-likeness (QED) is 0.705. The molecule has 128 valence electrons. The van der Waals surface area contributed by atoms with Crippen molar-refractivity contribution >= 4 is 15.6 Å². The molecule has 0 amide bonds. The van der Waals surface area contributed by atoms with Crippen LogP contribution in [0.25, 0.3) is 0 Å². The fraction of sp³-hybridized carbons (Fsp3) is 0.316. The number of benzene rings is 2. The van der Waals surface area contributed by atoms with Crippen LogP contribution in [0.1, 0.15) is 31.2 Å². The molecule has 1 N–H and O–H groups in total. The number of phenolic OH excluding ortho intramolecular Hbond substituents is 1. The third-order valence-electron chi connectivity index (χ3n) is 3.85. The molecule has 0 bridgehead atoms. The Kier molecular flexibility index (Phi) is 6.55. The number of aromatic hydroxyl groups is 1. The van der Waals surface area contributed by atoms with Crippen molar-refractivity contribution in [3.8, 4) is 5.75 Å². The van der Waals surface area contributed by atoms with Crippen molar-refractivity contribution in [1.29, 1.82) is 0 Å². The molecule has 0 saturated carbocycles. The Morgan fingerprint density at radius 2 is 1.54 bits per heavy atom. The highest BCUT2D eigenvalue weighted by Crippen LogP contribution is 2.18. The number of unbranched alkanes of at least 4 members (excludes halogenated alkanes) is 2. The zero-order valence-corrected chi connectivity index (χ0v) is 14.3. The highest BCUT2D eigenvalue weighted by molar-refractivity contribution is 7.91. The number of sulfone groups is 1. The Morgan fingerprint density at radius 1 is 0.875 bits per heavy atom. The van der Waals surface area contributed by atoms with Crippen LogP contribution in [0.15, 0.2) is 59.5 Å². The second-order valence-corrected chi connectivity index (χ2v) is 7.90. The van der Waals surface area contributed by atoms with Crippen LogP contribution in [0, 0.1) is 0 Å². The minimum absolute atomic E-state index is 0.0578. The summed E-state index contributed by atoms with van der Waals surface area (Å²) in [7, 11) is -3.23. The van der Waals surface area contributed by atoms with Gasteiger partial charge in [0, 0.05) is 18.4 Å². The number of phenols is 1. The van der Waals surface area contributed by atoms with Crippen LogP contribution in [0.4, 0.5) is 0 Å². The number of Topliss-reactive ketones (excluding diaryl/α,β-unsaturated/α-hetero) is 1. The zero-order valence-electron chi connectivity index (χ0n) is 13.5. The summed E-state index contributed by atoms with van der Waals surface area (Å²) in [5.74, 6) is 0.298. The molecule has 0 spiro atoms. The molecule has 0 radical (unpaired) electrons. The number of para-hydroxylation sites is 1. The molecule has 2 aromatic carbocycles. The van der Waals surface area contributed by atoms with Crippen molar-refractivity contribution in [2.75, 3.05) is 5.75 Å². The van der Waals surface area contributed by atoms with E-state index >= 15 is 0 Å². The van der Waals surface area contributed by atoms with E-state index in [2.05, 4.69) is 0 Å². The molecule has 0 aromatic heterocycles. The first-order valence-corrected chi connectivity index (χ1v) is 9.70. The number of hydrogen-bond acceptors (Lipinski definition) is 4. The summed E-state index contributed by atoms with van der Waals surface area (Å²) in [5.41, 5.74) is 0.633. The average Bonchev–Trinajstić information content (AvgIpc) is 2.57. The lowest BCUT2D eigenvalue weighted by Crippen LogP contribution is -2.07. The molecule has 0 unspecified atom stereocenters. The molecule has 0 aliphatic carbocycles. The van der Waals surface area contributed by atoms with E-state index < -0.39 is 9.84 Å². The highest BCUT2D eigenvalue weighted by atomic mass is 32.2. The van der Waals surface area contributed by atoms with Crippen LogP contribution in [-0.2, 0) is 21.1 Å². The molecule has 5 heteroatoms. The second kappa shape index (κ2) is 8.64. The number of rotatable bonds is 9. The van der Waals surface area contributed by atoms with Crippen LogP contribution in [0.2, 0.25) is 0 Å². The summed E-state index contributed by atoms with van der Waals surface area (Å²) in [6.07, 6.45) is 2.52. The summed E-state index contributed by atoms with van der Waals surface area (Å²) in [6, 6.07) is 15.2. The van der Waals surface area contributed by atoms with Crippen molar-refractivity contribution in [3.05, 3.63) is 60.2 Å². The third-order valence-corrected chi connectivity index (χ3v) is 5.67. The van der Waals surface area contributed by atoms with Gasteiger partial charge in [-0.2, -0.15) is 0 Å². The predicted octanol–water partition coefficient (Wildman–Crippen LogP) is 3.54. The maximum absolute atomic E-state index is 12.1. The Balaban J connectivity index is 1.70. The van der Waals surface area contributed by atoms with Gasteiger partial charge in [-0.1, -0.05) is 42.8 Å². The maximum Gasteiger partial charge on any atom is 0.178 e. The van der Waals surface area contributed by atoms with Gasteiger partial charge in [-0.15, -0.1) is 0 Å². The van der Waals surface area contributed by atoms with Gasteiger partial charge in [0.15, 0.2) is 9.84 Å². The van der Waals surface area contributed by atoms with Gasteiger partial charge in [0.2, 0.25) is 0 Å².